The van der Waals surface area contributed by atoms with Crippen molar-refractivity contribution in [2.45, 2.75) is 18.8 Å². The first-order chi connectivity index (χ1) is 17.3. The maximum absolute atomic E-state index is 10.5. The molecule has 184 valence electrons. The van der Waals surface area contributed by atoms with Crippen LogP contribution in [-0.2, 0) is 15.3 Å². The van der Waals surface area contributed by atoms with E-state index in [4.69, 9.17) is 33.8 Å². The summed E-state index contributed by atoms with van der Waals surface area (Å²) in [7, 11) is 5.85. The Kier molecular flexibility index (Phi) is 5.92. The molecule has 2 aromatic carbocycles. The highest BCUT2D eigenvalue weighted by atomic mass is 16.7. The number of nitrogens with one attached hydrogen (secondary N) is 1. The second-order valence-electron chi connectivity index (χ2n) is 8.46. The second-order valence-corrected chi connectivity index (χ2v) is 8.46. The normalized spacial score (nSPS) is 27.6. The average Bonchev–Trinajstić information content (AvgIpc) is 3.08. The summed E-state index contributed by atoms with van der Waals surface area (Å²) in [5, 5.41) is 40.1. The van der Waals surface area contributed by atoms with Crippen LogP contribution in [0, 0.1) is 56.2 Å². The molecule has 0 aliphatic carbocycles. The lowest BCUT2D eigenvalue weighted by Crippen LogP contribution is -2.57. The Labute approximate surface area is 208 Å². The number of nitriles is 3. The van der Waals surface area contributed by atoms with Crippen LogP contribution in [-0.4, -0.2) is 34.3 Å². The SMILES string of the molecule is COc1ccc(C23OC(=N)C(C#N)(C2C)C(C#N)(C#N)C(c2cc(OC)c(OC)c(OC)c2)O3)cc1. The lowest BCUT2D eigenvalue weighted by molar-refractivity contribution is -0.288. The van der Waals surface area contributed by atoms with Crippen molar-refractivity contribution in [3.63, 3.8) is 0 Å². The van der Waals surface area contributed by atoms with Crippen LogP contribution in [0.15, 0.2) is 36.4 Å². The van der Waals surface area contributed by atoms with Gasteiger partial charge in [0.15, 0.2) is 16.9 Å². The molecule has 10 nitrogen and oxygen atoms in total. The van der Waals surface area contributed by atoms with Crippen molar-refractivity contribution < 1.29 is 28.4 Å². The summed E-state index contributed by atoms with van der Waals surface area (Å²) in [6.45, 7) is 1.64. The molecule has 2 aromatic rings. The monoisotopic (exact) mass is 488 g/mol. The van der Waals surface area contributed by atoms with Gasteiger partial charge in [-0.3, -0.25) is 5.41 Å². The first-order valence-corrected chi connectivity index (χ1v) is 10.9. The fourth-order valence-electron chi connectivity index (χ4n) is 5.24. The molecule has 2 heterocycles. The predicted molar refractivity (Wildman–Crippen MR) is 124 cm³/mol. The van der Waals surface area contributed by atoms with Gasteiger partial charge in [-0.1, -0.05) is 6.92 Å². The van der Waals surface area contributed by atoms with E-state index < -0.39 is 34.5 Å². The van der Waals surface area contributed by atoms with Crippen LogP contribution in [0.25, 0.3) is 0 Å². The molecule has 4 rings (SSSR count). The molecule has 4 unspecified atom stereocenters. The van der Waals surface area contributed by atoms with E-state index in [1.165, 1.54) is 28.4 Å². The molecule has 0 radical (unpaired) electrons. The minimum atomic E-state index is -2.14. The zero-order valence-electron chi connectivity index (χ0n) is 20.4. The zero-order chi connectivity index (χ0) is 26.3. The van der Waals surface area contributed by atoms with Gasteiger partial charge in [-0.25, -0.2) is 0 Å². The van der Waals surface area contributed by atoms with Crippen molar-refractivity contribution in [1.82, 2.24) is 0 Å². The Hall–Kier alpha value is -4.46. The number of ether oxygens (including phenoxy) is 6. The van der Waals surface area contributed by atoms with Crippen LogP contribution in [0.2, 0.25) is 0 Å². The van der Waals surface area contributed by atoms with E-state index in [9.17, 15) is 15.8 Å². The van der Waals surface area contributed by atoms with Crippen LogP contribution in [0.3, 0.4) is 0 Å². The predicted octanol–water partition coefficient (Wildman–Crippen LogP) is 3.83. The van der Waals surface area contributed by atoms with E-state index in [1.807, 2.05) is 12.1 Å². The summed E-state index contributed by atoms with van der Waals surface area (Å²) in [4.78, 5) is 0. The molecule has 10 heteroatoms. The maximum Gasteiger partial charge on any atom is 0.244 e. The molecule has 36 heavy (non-hydrogen) atoms. The van der Waals surface area contributed by atoms with E-state index in [-0.39, 0.29) is 11.5 Å². The van der Waals surface area contributed by atoms with Crippen LogP contribution in [0.4, 0.5) is 0 Å². The lowest BCUT2D eigenvalue weighted by Gasteiger charge is -2.48. The molecule has 0 spiro atoms. The van der Waals surface area contributed by atoms with Crippen LogP contribution in [0.1, 0.15) is 24.2 Å². The van der Waals surface area contributed by atoms with Gasteiger partial charge in [0.25, 0.3) is 0 Å². The van der Waals surface area contributed by atoms with Crippen molar-refractivity contribution in [2.24, 2.45) is 16.7 Å². The van der Waals surface area contributed by atoms with Crippen molar-refractivity contribution in [3.05, 3.63) is 47.5 Å². The van der Waals surface area contributed by atoms with Gasteiger partial charge in [-0.2, -0.15) is 15.8 Å². The Bertz CT molecular complexity index is 1300. The minimum absolute atomic E-state index is 0.270. The topological polar surface area (TPSA) is 151 Å². The second kappa shape index (κ2) is 8.64. The Morgan fingerprint density at radius 1 is 0.861 bits per heavy atom. The standard InChI is InChI=1S/C26H24N4O6/c1-15-25(14-29)23(30)36-26(15,17-6-8-18(31-2)9-7-17)35-22(24(25,12-27)13-28)16-10-19(32-3)21(34-5)20(11-16)33-4/h6-11,15,22,30H,1-5H3. The molecular formula is C26H24N4O6. The van der Waals surface area contributed by atoms with Gasteiger partial charge in [0.05, 0.1) is 52.6 Å². The molecule has 2 aliphatic heterocycles. The summed E-state index contributed by atoms with van der Waals surface area (Å²) in [6, 6.07) is 16.1. The average molecular weight is 489 g/mol. The van der Waals surface area contributed by atoms with E-state index in [0.29, 0.717) is 22.6 Å². The van der Waals surface area contributed by atoms with E-state index in [2.05, 4.69) is 6.07 Å². The molecule has 2 aliphatic rings. The third-order valence-corrected chi connectivity index (χ3v) is 7.15. The lowest BCUT2D eigenvalue weighted by atomic mass is 9.53. The van der Waals surface area contributed by atoms with E-state index in [1.54, 1.807) is 43.3 Å². The maximum atomic E-state index is 10.5. The number of hydrogen-bond donors (Lipinski definition) is 1. The van der Waals surface area contributed by atoms with Gasteiger partial charge in [0.1, 0.15) is 11.9 Å². The molecule has 2 saturated heterocycles. The summed E-state index contributed by atoms with van der Waals surface area (Å²) < 4.78 is 34.1. The van der Waals surface area contributed by atoms with Crippen molar-refractivity contribution >= 4 is 5.90 Å². The Balaban J connectivity index is 2.04. The van der Waals surface area contributed by atoms with Gasteiger partial charge >= 0.3 is 0 Å². The molecule has 2 bridgehead atoms. The van der Waals surface area contributed by atoms with Crippen LogP contribution < -0.4 is 18.9 Å². The van der Waals surface area contributed by atoms with Gasteiger partial charge in [-0.15, -0.1) is 0 Å². The van der Waals surface area contributed by atoms with Crippen LogP contribution in [0.5, 0.6) is 23.0 Å². The fraction of sp³-hybridized carbons (Fsp3) is 0.385. The first-order valence-electron chi connectivity index (χ1n) is 10.9. The third-order valence-electron chi connectivity index (χ3n) is 7.15. The molecule has 2 fully saturated rings. The van der Waals surface area contributed by atoms with Gasteiger partial charge in [0, 0.05) is 5.56 Å². The smallest absolute Gasteiger partial charge is 0.244 e. The van der Waals surface area contributed by atoms with Gasteiger partial charge in [-0.05, 0) is 42.0 Å². The number of nitrogens with zero attached hydrogens (tertiary/aromatic N) is 3. The summed E-state index contributed by atoms with van der Waals surface area (Å²) in [5.41, 5.74) is -3.27. The number of hydrogen-bond acceptors (Lipinski definition) is 10. The molecule has 0 amide bonds. The van der Waals surface area contributed by atoms with E-state index in [0.717, 1.165) is 0 Å². The highest BCUT2D eigenvalue weighted by Gasteiger charge is 2.79. The van der Waals surface area contributed by atoms with E-state index >= 15 is 0 Å². The number of fused-ring (bicyclic) bond motifs is 2. The van der Waals surface area contributed by atoms with Gasteiger partial charge in [0.2, 0.25) is 22.8 Å². The fourth-order valence-corrected chi connectivity index (χ4v) is 5.24. The highest BCUT2D eigenvalue weighted by molar-refractivity contribution is 5.89. The van der Waals surface area contributed by atoms with Crippen molar-refractivity contribution in [1.29, 1.82) is 21.2 Å². The van der Waals surface area contributed by atoms with Crippen molar-refractivity contribution in [2.75, 3.05) is 28.4 Å². The van der Waals surface area contributed by atoms with Gasteiger partial charge < -0.3 is 28.4 Å². The Morgan fingerprint density at radius 3 is 1.89 bits per heavy atom. The Morgan fingerprint density at radius 2 is 1.44 bits per heavy atom. The number of rotatable bonds is 6. The number of methoxy groups -OCH3 is 4. The van der Waals surface area contributed by atoms with Crippen molar-refractivity contribution in [3.8, 4) is 41.2 Å². The molecule has 0 aromatic heterocycles. The summed E-state index contributed by atoms with van der Waals surface area (Å²) in [5.74, 6) is -1.61. The highest BCUT2D eigenvalue weighted by Crippen LogP contribution is 2.69. The number of benzene rings is 2. The molecule has 0 saturated carbocycles. The first kappa shape index (κ1) is 24.7. The zero-order valence-corrected chi connectivity index (χ0v) is 20.4. The summed E-state index contributed by atoms with van der Waals surface area (Å²) in [6.07, 6.45) is -1.33. The largest absolute Gasteiger partial charge is 0.497 e. The quantitative estimate of drug-likeness (QED) is 0.639. The van der Waals surface area contributed by atoms with Crippen LogP contribution >= 0.6 is 0 Å². The third kappa shape index (κ3) is 2.87. The molecule has 4 atom stereocenters. The molecular weight excluding hydrogens is 464 g/mol. The molecule has 1 N–H and O–H groups in total. The summed E-state index contributed by atoms with van der Waals surface area (Å²) >= 11 is 0. The minimum Gasteiger partial charge on any atom is -0.497 e.